The van der Waals surface area contributed by atoms with Crippen molar-refractivity contribution < 1.29 is 14.3 Å². The molecule has 0 unspecified atom stereocenters. The summed E-state index contributed by atoms with van der Waals surface area (Å²) in [5.74, 6) is -0.219. The lowest BCUT2D eigenvalue weighted by Crippen LogP contribution is -2.25. The van der Waals surface area contributed by atoms with Gasteiger partial charge in [-0.05, 0) is 37.1 Å². The van der Waals surface area contributed by atoms with Crippen LogP contribution in [0.5, 0.6) is 0 Å². The van der Waals surface area contributed by atoms with Gasteiger partial charge in [-0.2, -0.15) is 0 Å². The molecule has 23 heavy (non-hydrogen) atoms. The molecule has 0 atom stereocenters. The van der Waals surface area contributed by atoms with Gasteiger partial charge in [0.2, 0.25) is 5.91 Å². The summed E-state index contributed by atoms with van der Waals surface area (Å²) in [6.07, 6.45) is 3.01. The zero-order chi connectivity index (χ0) is 17.1. The lowest BCUT2D eigenvalue weighted by Gasteiger charge is -2.09. The van der Waals surface area contributed by atoms with Crippen LogP contribution in [-0.2, 0) is 9.53 Å². The van der Waals surface area contributed by atoms with E-state index in [4.69, 9.17) is 4.74 Å². The number of amides is 2. The Bertz CT molecular complexity index is 484. The molecule has 0 radical (unpaired) electrons. The van der Waals surface area contributed by atoms with Gasteiger partial charge in [0, 0.05) is 36.9 Å². The van der Waals surface area contributed by atoms with Crippen LogP contribution in [0, 0.1) is 5.92 Å². The Kier molecular flexibility index (Phi) is 8.98. The molecule has 0 aliphatic heterocycles. The van der Waals surface area contributed by atoms with E-state index in [1.165, 1.54) is 0 Å². The van der Waals surface area contributed by atoms with Crippen LogP contribution in [0.3, 0.4) is 0 Å². The van der Waals surface area contributed by atoms with Gasteiger partial charge < -0.3 is 15.4 Å². The molecule has 0 heterocycles. The van der Waals surface area contributed by atoms with Gasteiger partial charge in [-0.15, -0.1) is 0 Å². The summed E-state index contributed by atoms with van der Waals surface area (Å²) in [4.78, 5) is 23.6. The Morgan fingerprint density at radius 3 is 2.35 bits per heavy atom. The highest BCUT2D eigenvalue weighted by molar-refractivity contribution is 5.96. The third-order valence-corrected chi connectivity index (χ3v) is 3.33. The van der Waals surface area contributed by atoms with Gasteiger partial charge in [0.05, 0.1) is 0 Å². The van der Waals surface area contributed by atoms with E-state index in [1.807, 2.05) is 13.8 Å². The third kappa shape index (κ3) is 7.79. The van der Waals surface area contributed by atoms with Crippen LogP contribution in [0.1, 0.15) is 50.4 Å². The first-order valence-electron chi connectivity index (χ1n) is 8.31. The summed E-state index contributed by atoms with van der Waals surface area (Å²) >= 11 is 0. The lowest BCUT2D eigenvalue weighted by molar-refractivity contribution is -0.118. The second-order valence-corrected chi connectivity index (χ2v) is 5.80. The smallest absolute Gasteiger partial charge is 0.251 e. The average molecular weight is 320 g/mol. The second kappa shape index (κ2) is 10.8. The molecule has 128 valence electrons. The molecule has 0 aliphatic carbocycles. The first-order valence-corrected chi connectivity index (χ1v) is 8.31. The van der Waals surface area contributed by atoms with Crippen molar-refractivity contribution in [3.63, 3.8) is 0 Å². The van der Waals surface area contributed by atoms with Crippen LogP contribution >= 0.6 is 0 Å². The summed E-state index contributed by atoms with van der Waals surface area (Å²) in [7, 11) is 0. The molecule has 2 amide bonds. The van der Waals surface area contributed by atoms with Crippen LogP contribution in [0.2, 0.25) is 0 Å². The number of nitrogens with one attached hydrogen (secondary N) is 2. The van der Waals surface area contributed by atoms with Crippen molar-refractivity contribution in [3.8, 4) is 0 Å². The van der Waals surface area contributed by atoms with Gasteiger partial charge in [-0.3, -0.25) is 9.59 Å². The summed E-state index contributed by atoms with van der Waals surface area (Å²) in [6.45, 7) is 7.85. The fourth-order valence-electron chi connectivity index (χ4n) is 1.82. The number of carbonyl (C=O) groups is 2. The molecule has 1 aromatic carbocycles. The maximum atomic E-state index is 12.0. The number of hydrogen-bond donors (Lipinski definition) is 2. The van der Waals surface area contributed by atoms with E-state index in [1.54, 1.807) is 24.3 Å². The summed E-state index contributed by atoms with van der Waals surface area (Å²) in [6, 6.07) is 6.90. The van der Waals surface area contributed by atoms with Crippen molar-refractivity contribution in [1.82, 2.24) is 5.32 Å². The van der Waals surface area contributed by atoms with E-state index in [-0.39, 0.29) is 17.7 Å². The van der Waals surface area contributed by atoms with E-state index < -0.39 is 0 Å². The minimum Gasteiger partial charge on any atom is -0.381 e. The predicted molar refractivity (Wildman–Crippen MR) is 92.6 cm³/mol. The largest absolute Gasteiger partial charge is 0.381 e. The van der Waals surface area contributed by atoms with Crippen molar-refractivity contribution in [2.75, 3.05) is 25.1 Å². The monoisotopic (exact) mass is 320 g/mol. The second-order valence-electron chi connectivity index (χ2n) is 5.80. The van der Waals surface area contributed by atoms with Crippen molar-refractivity contribution in [3.05, 3.63) is 29.8 Å². The van der Waals surface area contributed by atoms with Gasteiger partial charge in [0.15, 0.2) is 0 Å². The van der Waals surface area contributed by atoms with Crippen LogP contribution in [0.4, 0.5) is 5.69 Å². The maximum absolute atomic E-state index is 12.0. The van der Waals surface area contributed by atoms with Gasteiger partial charge >= 0.3 is 0 Å². The van der Waals surface area contributed by atoms with Gasteiger partial charge in [-0.25, -0.2) is 0 Å². The van der Waals surface area contributed by atoms with Gasteiger partial charge in [0.25, 0.3) is 5.91 Å². The number of hydrogen-bond acceptors (Lipinski definition) is 3. The number of benzene rings is 1. The molecular formula is C18H28N2O3. The topological polar surface area (TPSA) is 67.4 Å². The molecule has 0 saturated carbocycles. The van der Waals surface area contributed by atoms with Crippen LogP contribution in [-0.4, -0.2) is 31.6 Å². The van der Waals surface area contributed by atoms with Crippen molar-refractivity contribution in [2.24, 2.45) is 5.92 Å². The average Bonchev–Trinajstić information content (AvgIpc) is 2.54. The quantitative estimate of drug-likeness (QED) is 0.650. The third-order valence-electron chi connectivity index (χ3n) is 3.33. The maximum Gasteiger partial charge on any atom is 0.251 e. The molecule has 5 heteroatoms. The Labute approximate surface area is 138 Å². The molecular weight excluding hydrogens is 292 g/mol. The molecule has 1 aromatic rings. The van der Waals surface area contributed by atoms with E-state index in [9.17, 15) is 9.59 Å². The summed E-state index contributed by atoms with van der Waals surface area (Å²) < 4.78 is 5.44. The molecule has 1 rings (SSSR count). The Morgan fingerprint density at radius 2 is 1.74 bits per heavy atom. The highest BCUT2D eigenvalue weighted by atomic mass is 16.5. The lowest BCUT2D eigenvalue weighted by atomic mass is 10.1. The normalized spacial score (nSPS) is 10.6. The zero-order valence-corrected chi connectivity index (χ0v) is 14.4. The number of carbonyl (C=O) groups excluding carboxylic acids is 2. The minimum atomic E-state index is -0.111. The molecule has 0 aromatic heterocycles. The van der Waals surface area contributed by atoms with E-state index >= 15 is 0 Å². The van der Waals surface area contributed by atoms with Crippen LogP contribution < -0.4 is 10.6 Å². The number of ether oxygens (including phenoxy) is 1. The first-order chi connectivity index (χ1) is 11.0. The Hall–Kier alpha value is -1.88. The van der Waals surface area contributed by atoms with Crippen molar-refractivity contribution in [1.29, 1.82) is 0 Å². The fraction of sp³-hybridized carbons (Fsp3) is 0.556. The molecule has 5 nitrogen and oxygen atoms in total. The molecule has 0 bridgehead atoms. The Balaban J connectivity index is 2.30. The predicted octanol–water partition coefficient (Wildman–Crippen LogP) is 3.22. The van der Waals surface area contributed by atoms with Gasteiger partial charge in [0.1, 0.15) is 0 Å². The molecule has 2 N–H and O–H groups in total. The number of unbranched alkanes of at least 4 members (excludes halogenated alkanes) is 1. The molecule has 0 saturated heterocycles. The molecule has 0 spiro atoms. The summed E-state index contributed by atoms with van der Waals surface area (Å²) in [5.41, 5.74) is 1.28. The van der Waals surface area contributed by atoms with E-state index in [0.717, 1.165) is 25.9 Å². The highest BCUT2D eigenvalue weighted by Gasteiger charge is 2.08. The zero-order valence-electron chi connectivity index (χ0n) is 14.4. The Morgan fingerprint density at radius 1 is 1.09 bits per heavy atom. The van der Waals surface area contributed by atoms with E-state index in [0.29, 0.717) is 24.4 Å². The van der Waals surface area contributed by atoms with Crippen molar-refractivity contribution >= 4 is 17.5 Å². The fourth-order valence-corrected chi connectivity index (χ4v) is 1.82. The SMILES string of the molecule is CCCCOCCCNC(=O)c1ccc(NC(=O)C(C)C)cc1. The standard InChI is InChI=1S/C18H28N2O3/c1-4-5-12-23-13-6-11-19-18(22)15-7-9-16(10-8-15)20-17(21)14(2)3/h7-10,14H,4-6,11-13H2,1-3H3,(H,19,22)(H,20,21). The first kappa shape index (κ1) is 19.2. The number of anilines is 1. The molecule has 0 fully saturated rings. The van der Waals surface area contributed by atoms with E-state index in [2.05, 4.69) is 17.6 Å². The highest BCUT2D eigenvalue weighted by Crippen LogP contribution is 2.11. The van der Waals surface area contributed by atoms with Crippen LogP contribution in [0.15, 0.2) is 24.3 Å². The van der Waals surface area contributed by atoms with Crippen molar-refractivity contribution in [2.45, 2.75) is 40.0 Å². The van der Waals surface area contributed by atoms with Crippen LogP contribution in [0.25, 0.3) is 0 Å². The van der Waals surface area contributed by atoms with Gasteiger partial charge in [-0.1, -0.05) is 27.2 Å². The molecule has 0 aliphatic rings. The minimum absolute atomic E-state index is 0.0368. The number of rotatable bonds is 10. The summed E-state index contributed by atoms with van der Waals surface area (Å²) in [5, 5.41) is 5.66.